The van der Waals surface area contributed by atoms with Gasteiger partial charge in [-0.1, -0.05) is 6.92 Å². The van der Waals surface area contributed by atoms with E-state index in [1.165, 1.54) is 4.88 Å². The molecule has 130 valence electrons. The van der Waals surface area contributed by atoms with Crippen LogP contribution < -0.4 is 10.6 Å². The number of carbonyl (C=O) groups is 1. The average molecular weight is 349 g/mol. The number of aromatic nitrogens is 3. The summed E-state index contributed by atoms with van der Waals surface area (Å²) in [5.74, 6) is 0.191. The van der Waals surface area contributed by atoms with Crippen LogP contribution in [0.2, 0.25) is 0 Å². The Hall–Kier alpha value is -1.93. The lowest BCUT2D eigenvalue weighted by molar-refractivity contribution is 0.0940. The predicted molar refractivity (Wildman–Crippen MR) is 93.5 cm³/mol. The van der Waals surface area contributed by atoms with Crippen LogP contribution in [0.25, 0.3) is 0 Å². The maximum atomic E-state index is 12.0. The number of aryl methyl sites for hydroxylation is 1. The number of urea groups is 1. The molecule has 3 heterocycles. The molecule has 0 spiro atoms. The summed E-state index contributed by atoms with van der Waals surface area (Å²) in [5.41, 5.74) is 0.684. The van der Waals surface area contributed by atoms with Gasteiger partial charge >= 0.3 is 6.03 Å². The molecule has 2 N–H and O–H groups in total. The Morgan fingerprint density at radius 3 is 3.12 bits per heavy atom. The van der Waals surface area contributed by atoms with E-state index in [1.54, 1.807) is 17.5 Å². The quantitative estimate of drug-likeness (QED) is 0.840. The van der Waals surface area contributed by atoms with Gasteiger partial charge in [0.05, 0.1) is 29.5 Å². The van der Waals surface area contributed by atoms with Gasteiger partial charge in [0.25, 0.3) is 0 Å². The van der Waals surface area contributed by atoms with Crippen molar-refractivity contribution < 1.29 is 9.53 Å². The first-order valence-electron chi connectivity index (χ1n) is 8.21. The van der Waals surface area contributed by atoms with Gasteiger partial charge in [-0.25, -0.2) is 9.78 Å². The second-order valence-corrected chi connectivity index (χ2v) is 7.40. The summed E-state index contributed by atoms with van der Waals surface area (Å²) in [4.78, 5) is 17.5. The van der Waals surface area contributed by atoms with Gasteiger partial charge in [0, 0.05) is 36.3 Å². The van der Waals surface area contributed by atoms with Crippen LogP contribution >= 0.6 is 11.3 Å². The highest BCUT2D eigenvalue weighted by Crippen LogP contribution is 2.20. The molecule has 0 aromatic carbocycles. The average Bonchev–Trinajstić information content (AvgIpc) is 3.28. The van der Waals surface area contributed by atoms with Gasteiger partial charge in [-0.2, -0.15) is 5.10 Å². The van der Waals surface area contributed by atoms with Crippen LogP contribution in [0.1, 0.15) is 35.6 Å². The molecule has 1 aliphatic rings. The first-order chi connectivity index (χ1) is 11.6. The Morgan fingerprint density at radius 1 is 1.54 bits per heavy atom. The minimum absolute atomic E-state index is 0.191. The lowest BCUT2D eigenvalue weighted by atomic mass is 10.2. The smallest absolute Gasteiger partial charge is 0.319 e. The predicted octanol–water partition coefficient (Wildman–Crippen LogP) is 2.75. The van der Waals surface area contributed by atoms with Crippen LogP contribution in [0.5, 0.6) is 0 Å². The molecule has 0 radical (unpaired) electrons. The van der Waals surface area contributed by atoms with E-state index in [9.17, 15) is 4.79 Å². The zero-order valence-corrected chi connectivity index (χ0v) is 14.8. The van der Waals surface area contributed by atoms with Crippen LogP contribution in [0.3, 0.4) is 0 Å². The Kier molecular flexibility index (Phi) is 5.47. The van der Waals surface area contributed by atoms with Crippen LogP contribution in [0, 0.1) is 6.92 Å². The normalized spacial score (nSPS) is 18.5. The van der Waals surface area contributed by atoms with E-state index in [4.69, 9.17) is 4.74 Å². The molecule has 0 saturated carbocycles. The first-order valence-corrected chi connectivity index (χ1v) is 9.03. The second kappa shape index (κ2) is 7.76. The fourth-order valence-electron chi connectivity index (χ4n) is 2.63. The molecule has 3 rings (SSSR count). The van der Waals surface area contributed by atoms with E-state index < -0.39 is 0 Å². The molecule has 24 heavy (non-hydrogen) atoms. The van der Waals surface area contributed by atoms with Gasteiger partial charge in [0.15, 0.2) is 0 Å². The number of amides is 2. The van der Waals surface area contributed by atoms with E-state index in [2.05, 4.69) is 27.6 Å². The number of carbonyl (C=O) groups excluding carboxylic acids is 1. The molecule has 1 saturated heterocycles. The highest BCUT2D eigenvalue weighted by atomic mass is 32.1. The number of hydrogen-bond donors (Lipinski definition) is 2. The van der Waals surface area contributed by atoms with Crippen LogP contribution in [-0.4, -0.2) is 40.1 Å². The third-order valence-corrected chi connectivity index (χ3v) is 5.08. The van der Waals surface area contributed by atoms with E-state index in [1.807, 2.05) is 24.0 Å². The van der Waals surface area contributed by atoms with Crippen molar-refractivity contribution in [2.24, 2.45) is 0 Å². The summed E-state index contributed by atoms with van der Waals surface area (Å²) < 4.78 is 7.40. The van der Waals surface area contributed by atoms with Crippen molar-refractivity contribution in [1.29, 1.82) is 0 Å². The largest absolute Gasteiger partial charge is 0.376 e. The topological polar surface area (TPSA) is 81.1 Å². The van der Waals surface area contributed by atoms with Crippen molar-refractivity contribution in [3.8, 4) is 0 Å². The molecule has 0 bridgehead atoms. The van der Waals surface area contributed by atoms with E-state index in [-0.39, 0.29) is 18.1 Å². The zero-order chi connectivity index (χ0) is 16.9. The Labute approximate surface area is 145 Å². The van der Waals surface area contributed by atoms with Crippen molar-refractivity contribution in [1.82, 2.24) is 20.1 Å². The van der Waals surface area contributed by atoms with E-state index in [0.717, 1.165) is 31.0 Å². The third-order valence-electron chi connectivity index (χ3n) is 3.94. The maximum absolute atomic E-state index is 12.0. The van der Waals surface area contributed by atoms with Gasteiger partial charge < -0.3 is 15.4 Å². The van der Waals surface area contributed by atoms with Crippen molar-refractivity contribution >= 4 is 23.1 Å². The molecule has 1 fully saturated rings. The summed E-state index contributed by atoms with van der Waals surface area (Å²) in [6.45, 7) is 6.18. The monoisotopic (exact) mass is 349 g/mol. The van der Waals surface area contributed by atoms with Crippen LogP contribution in [-0.2, 0) is 11.3 Å². The number of nitrogens with one attached hydrogen (secondary N) is 2. The summed E-state index contributed by atoms with van der Waals surface area (Å²) in [6.07, 6.45) is 7.75. The minimum Gasteiger partial charge on any atom is -0.376 e. The van der Waals surface area contributed by atoms with Gasteiger partial charge in [0.1, 0.15) is 0 Å². The molecule has 2 amide bonds. The molecule has 2 unspecified atom stereocenters. The molecule has 2 aromatic rings. The van der Waals surface area contributed by atoms with Crippen LogP contribution in [0.4, 0.5) is 10.5 Å². The molecule has 7 nitrogen and oxygen atoms in total. The number of nitrogens with zero attached hydrogens (tertiary/aromatic N) is 3. The highest BCUT2D eigenvalue weighted by Gasteiger charge is 2.17. The van der Waals surface area contributed by atoms with Crippen molar-refractivity contribution in [3.05, 3.63) is 28.5 Å². The first kappa shape index (κ1) is 16.9. The maximum Gasteiger partial charge on any atom is 0.319 e. The lowest BCUT2D eigenvalue weighted by Crippen LogP contribution is -2.31. The standard InChI is InChI=1S/C16H23N5O2S/c1-11(15-17-7-12(2)24-15)6-18-16(22)20-13-8-19-21(9-13)10-14-4-3-5-23-14/h7-9,11,14H,3-6,10H2,1-2H3,(H2,18,20,22). The summed E-state index contributed by atoms with van der Waals surface area (Å²) in [6, 6.07) is -0.230. The number of thiazole rings is 1. The number of anilines is 1. The molecular formula is C16H23N5O2S. The zero-order valence-electron chi connectivity index (χ0n) is 14.0. The van der Waals surface area contributed by atoms with Crippen LogP contribution in [0.15, 0.2) is 18.6 Å². The minimum atomic E-state index is -0.230. The molecule has 1 aliphatic heterocycles. The van der Waals surface area contributed by atoms with Crippen molar-refractivity contribution in [2.45, 2.75) is 45.3 Å². The number of hydrogen-bond acceptors (Lipinski definition) is 5. The van der Waals surface area contributed by atoms with Gasteiger partial charge in [-0.3, -0.25) is 4.68 Å². The third kappa shape index (κ3) is 4.55. The van der Waals surface area contributed by atoms with E-state index in [0.29, 0.717) is 12.2 Å². The molecule has 2 aromatic heterocycles. The van der Waals surface area contributed by atoms with Crippen molar-refractivity contribution in [2.75, 3.05) is 18.5 Å². The molecule has 0 aliphatic carbocycles. The Bertz CT molecular complexity index is 678. The Morgan fingerprint density at radius 2 is 2.42 bits per heavy atom. The van der Waals surface area contributed by atoms with Gasteiger partial charge in [0.2, 0.25) is 0 Å². The Balaban J connectivity index is 1.43. The lowest BCUT2D eigenvalue weighted by Gasteiger charge is -2.10. The van der Waals surface area contributed by atoms with E-state index >= 15 is 0 Å². The fraction of sp³-hybridized carbons (Fsp3) is 0.562. The number of ether oxygens (including phenoxy) is 1. The summed E-state index contributed by atoms with van der Waals surface area (Å²) in [7, 11) is 0. The molecule has 8 heteroatoms. The number of rotatable bonds is 6. The fourth-order valence-corrected chi connectivity index (χ4v) is 3.46. The SMILES string of the molecule is Cc1cnc(C(C)CNC(=O)Nc2cnn(CC3CCCO3)c2)s1. The summed E-state index contributed by atoms with van der Waals surface area (Å²) in [5, 5.41) is 11.0. The highest BCUT2D eigenvalue weighted by molar-refractivity contribution is 7.11. The van der Waals surface area contributed by atoms with Gasteiger partial charge in [-0.15, -0.1) is 11.3 Å². The second-order valence-electron chi connectivity index (χ2n) is 6.13. The van der Waals surface area contributed by atoms with Gasteiger partial charge in [-0.05, 0) is 19.8 Å². The summed E-state index contributed by atoms with van der Waals surface area (Å²) >= 11 is 1.66. The molecule has 2 atom stereocenters. The molecular weight excluding hydrogens is 326 g/mol. The van der Waals surface area contributed by atoms with Crippen molar-refractivity contribution in [3.63, 3.8) is 0 Å².